The third kappa shape index (κ3) is 2.63. The summed E-state index contributed by atoms with van der Waals surface area (Å²) in [7, 11) is 0. The predicted molar refractivity (Wildman–Crippen MR) is 92.0 cm³/mol. The van der Waals surface area contributed by atoms with E-state index in [-0.39, 0.29) is 6.15 Å². The molecule has 0 fully saturated rings. The van der Waals surface area contributed by atoms with Crippen molar-refractivity contribution in [3.8, 4) is 22.5 Å². The summed E-state index contributed by atoms with van der Waals surface area (Å²) in [6.07, 6.45) is 7.07. The Balaban J connectivity index is 0.00000156. The maximum Gasteiger partial charge on any atom is 0.150 e. The Morgan fingerprint density at radius 3 is 2.61 bits per heavy atom. The van der Waals surface area contributed by atoms with Gasteiger partial charge in [-0.1, -0.05) is 6.07 Å². The Morgan fingerprint density at radius 1 is 0.957 bits per heavy atom. The van der Waals surface area contributed by atoms with Crippen LogP contribution < -0.4 is 11.9 Å². The van der Waals surface area contributed by atoms with Gasteiger partial charge in [0.1, 0.15) is 11.5 Å². The van der Waals surface area contributed by atoms with Crippen LogP contribution in [0.4, 0.5) is 5.82 Å². The molecule has 0 amide bonds. The van der Waals surface area contributed by atoms with Crippen molar-refractivity contribution >= 4 is 16.7 Å². The standard InChI is InChI=1S/C17H13N5.H3N/c18-17-16(13-1-2-14-12(9-13)5-8-20-14)22-15(10-21-17)11-3-6-19-7-4-11;/h1-10,20H,(H2,18,21);1H3. The van der Waals surface area contributed by atoms with Crippen molar-refractivity contribution in [1.82, 2.24) is 26.1 Å². The molecule has 0 aliphatic heterocycles. The van der Waals surface area contributed by atoms with Crippen LogP contribution in [0.3, 0.4) is 0 Å². The number of rotatable bonds is 2. The number of hydrogen-bond acceptors (Lipinski definition) is 5. The largest absolute Gasteiger partial charge is 0.382 e. The molecule has 3 heterocycles. The van der Waals surface area contributed by atoms with Gasteiger partial charge in [-0.15, -0.1) is 0 Å². The van der Waals surface area contributed by atoms with Crippen LogP contribution in [0.5, 0.6) is 0 Å². The normalized spacial score (nSPS) is 10.4. The van der Waals surface area contributed by atoms with Gasteiger partial charge in [0.05, 0.1) is 11.9 Å². The number of H-pyrrole nitrogens is 1. The number of nitrogen functional groups attached to an aromatic ring is 1. The number of aromatic nitrogens is 4. The van der Waals surface area contributed by atoms with Crippen LogP contribution in [0.15, 0.2) is 61.2 Å². The molecule has 0 saturated carbocycles. The highest BCUT2D eigenvalue weighted by atomic mass is 14.9. The van der Waals surface area contributed by atoms with Gasteiger partial charge >= 0.3 is 0 Å². The number of pyridine rings is 1. The fourth-order valence-corrected chi connectivity index (χ4v) is 2.47. The van der Waals surface area contributed by atoms with E-state index in [2.05, 4.69) is 26.0 Å². The van der Waals surface area contributed by atoms with Crippen molar-refractivity contribution in [3.63, 3.8) is 0 Å². The molecular formula is C17H16N6. The van der Waals surface area contributed by atoms with Crippen molar-refractivity contribution in [3.05, 3.63) is 61.2 Å². The van der Waals surface area contributed by atoms with E-state index in [1.807, 2.05) is 36.5 Å². The fraction of sp³-hybridized carbons (Fsp3) is 0. The fourth-order valence-electron chi connectivity index (χ4n) is 2.47. The zero-order valence-electron chi connectivity index (χ0n) is 12.4. The Labute approximate surface area is 133 Å². The third-order valence-electron chi connectivity index (χ3n) is 3.60. The lowest BCUT2D eigenvalue weighted by Gasteiger charge is -2.07. The molecule has 6 N–H and O–H groups in total. The topological polar surface area (TPSA) is 115 Å². The summed E-state index contributed by atoms with van der Waals surface area (Å²) in [5, 5.41) is 1.12. The highest BCUT2D eigenvalue weighted by Gasteiger charge is 2.10. The smallest absolute Gasteiger partial charge is 0.150 e. The molecule has 3 aromatic heterocycles. The van der Waals surface area contributed by atoms with Crippen molar-refractivity contribution in [2.75, 3.05) is 5.73 Å². The number of anilines is 1. The van der Waals surface area contributed by atoms with Crippen LogP contribution >= 0.6 is 0 Å². The molecule has 0 atom stereocenters. The monoisotopic (exact) mass is 304 g/mol. The second-order valence-corrected chi connectivity index (χ2v) is 5.00. The van der Waals surface area contributed by atoms with Gasteiger partial charge in [-0.25, -0.2) is 9.97 Å². The van der Waals surface area contributed by atoms with Crippen LogP contribution in [-0.4, -0.2) is 19.9 Å². The molecule has 0 spiro atoms. The summed E-state index contributed by atoms with van der Waals surface area (Å²) >= 11 is 0. The van der Waals surface area contributed by atoms with Gasteiger partial charge in [0.25, 0.3) is 0 Å². The van der Waals surface area contributed by atoms with E-state index < -0.39 is 0 Å². The maximum absolute atomic E-state index is 6.03. The zero-order valence-corrected chi connectivity index (χ0v) is 12.4. The molecule has 0 bridgehead atoms. The van der Waals surface area contributed by atoms with Gasteiger partial charge in [-0.3, -0.25) is 4.98 Å². The molecule has 0 saturated heterocycles. The lowest BCUT2D eigenvalue weighted by Crippen LogP contribution is -1.98. The van der Waals surface area contributed by atoms with Crippen molar-refractivity contribution in [2.45, 2.75) is 0 Å². The Bertz CT molecular complexity index is 946. The number of hydrogen-bond donors (Lipinski definition) is 3. The highest BCUT2D eigenvalue weighted by Crippen LogP contribution is 2.28. The third-order valence-corrected chi connectivity index (χ3v) is 3.60. The van der Waals surface area contributed by atoms with E-state index in [1.54, 1.807) is 18.6 Å². The number of nitrogens with two attached hydrogens (primary N) is 1. The van der Waals surface area contributed by atoms with Crippen LogP contribution in [-0.2, 0) is 0 Å². The molecule has 0 unspecified atom stereocenters. The van der Waals surface area contributed by atoms with Crippen LogP contribution in [0, 0.1) is 0 Å². The predicted octanol–water partition coefficient (Wildman–Crippen LogP) is 3.43. The molecule has 4 aromatic rings. The first-order chi connectivity index (χ1) is 10.8. The van der Waals surface area contributed by atoms with Gasteiger partial charge < -0.3 is 16.9 Å². The van der Waals surface area contributed by atoms with E-state index in [4.69, 9.17) is 5.73 Å². The minimum Gasteiger partial charge on any atom is -0.382 e. The summed E-state index contributed by atoms with van der Waals surface area (Å²) in [5.74, 6) is 0.424. The van der Waals surface area contributed by atoms with Gasteiger partial charge in [0.15, 0.2) is 0 Å². The van der Waals surface area contributed by atoms with E-state index >= 15 is 0 Å². The van der Waals surface area contributed by atoms with Crippen LogP contribution in [0.2, 0.25) is 0 Å². The average molecular weight is 304 g/mol. The lowest BCUT2D eigenvalue weighted by molar-refractivity contribution is 1.21. The molecule has 4 rings (SSSR count). The van der Waals surface area contributed by atoms with Gasteiger partial charge in [-0.2, -0.15) is 0 Å². The molecule has 1 aromatic carbocycles. The first-order valence-corrected chi connectivity index (χ1v) is 6.92. The quantitative estimate of drug-likeness (QED) is 0.524. The van der Waals surface area contributed by atoms with Crippen LogP contribution in [0.1, 0.15) is 0 Å². The summed E-state index contributed by atoms with van der Waals surface area (Å²) in [6, 6.07) is 11.9. The number of benzene rings is 1. The SMILES string of the molecule is N.Nc1ncc(-c2ccncc2)nc1-c1ccc2[nH]ccc2c1. The second-order valence-electron chi connectivity index (χ2n) is 5.00. The van der Waals surface area contributed by atoms with Crippen molar-refractivity contribution in [1.29, 1.82) is 0 Å². The summed E-state index contributed by atoms with van der Waals surface area (Å²) in [6.45, 7) is 0. The molecule has 6 nitrogen and oxygen atoms in total. The van der Waals surface area contributed by atoms with Gasteiger partial charge in [0.2, 0.25) is 0 Å². The molecule has 0 aliphatic carbocycles. The first-order valence-electron chi connectivity index (χ1n) is 6.92. The van der Waals surface area contributed by atoms with Gasteiger partial charge in [0, 0.05) is 40.6 Å². The van der Waals surface area contributed by atoms with Crippen molar-refractivity contribution in [2.24, 2.45) is 0 Å². The Hall–Kier alpha value is -3.25. The molecule has 6 heteroatoms. The lowest BCUT2D eigenvalue weighted by atomic mass is 10.1. The summed E-state index contributed by atoms with van der Waals surface area (Å²) in [5.41, 5.74) is 10.5. The summed E-state index contributed by atoms with van der Waals surface area (Å²) in [4.78, 5) is 16.2. The minimum absolute atomic E-state index is 0. The number of nitrogens with one attached hydrogen (secondary N) is 1. The van der Waals surface area contributed by atoms with Crippen LogP contribution in [0.25, 0.3) is 33.4 Å². The maximum atomic E-state index is 6.03. The molecule has 114 valence electrons. The van der Waals surface area contributed by atoms with E-state index in [0.29, 0.717) is 11.5 Å². The number of nitrogens with zero attached hydrogens (tertiary/aromatic N) is 3. The Kier molecular flexibility index (Phi) is 3.74. The van der Waals surface area contributed by atoms with E-state index in [1.165, 1.54) is 0 Å². The number of aromatic amines is 1. The number of fused-ring (bicyclic) bond motifs is 1. The molecule has 23 heavy (non-hydrogen) atoms. The molecule has 0 aliphatic rings. The Morgan fingerprint density at radius 2 is 1.78 bits per heavy atom. The first kappa shape index (κ1) is 14.7. The van der Waals surface area contributed by atoms with Crippen molar-refractivity contribution < 1.29 is 0 Å². The molecular weight excluding hydrogens is 288 g/mol. The second kappa shape index (κ2) is 5.86. The minimum atomic E-state index is 0. The average Bonchev–Trinajstić information content (AvgIpc) is 3.04. The molecule has 0 radical (unpaired) electrons. The van der Waals surface area contributed by atoms with E-state index in [0.717, 1.165) is 27.7 Å². The summed E-state index contributed by atoms with van der Waals surface area (Å²) < 4.78 is 0. The van der Waals surface area contributed by atoms with Gasteiger partial charge in [-0.05, 0) is 30.3 Å². The highest BCUT2D eigenvalue weighted by molar-refractivity contribution is 5.86. The zero-order chi connectivity index (χ0) is 14.9. The van der Waals surface area contributed by atoms with E-state index in [9.17, 15) is 0 Å².